The number of aromatic nitrogens is 1. The van der Waals surface area contributed by atoms with Crippen molar-refractivity contribution in [2.24, 2.45) is 0 Å². The summed E-state index contributed by atoms with van der Waals surface area (Å²) in [7, 11) is 0. The molecule has 0 fully saturated rings. The van der Waals surface area contributed by atoms with Crippen LogP contribution in [0.15, 0.2) is 41.8 Å². The fourth-order valence-electron chi connectivity index (χ4n) is 2.47. The van der Waals surface area contributed by atoms with Crippen LogP contribution in [0.4, 0.5) is 16.5 Å². The van der Waals surface area contributed by atoms with Crippen LogP contribution in [-0.4, -0.2) is 22.8 Å². The summed E-state index contributed by atoms with van der Waals surface area (Å²) in [5, 5.41) is 17.9. The van der Waals surface area contributed by atoms with Crippen LogP contribution in [0.5, 0.6) is 17.2 Å². The summed E-state index contributed by atoms with van der Waals surface area (Å²) < 4.78 is 10.6. The number of anilines is 3. The number of amides is 1. The first-order chi connectivity index (χ1) is 12.6. The number of nitrogens with zero attached hydrogens (tertiary/aromatic N) is 1. The summed E-state index contributed by atoms with van der Waals surface area (Å²) in [6.07, 6.45) is 0. The minimum absolute atomic E-state index is 0.0119. The minimum atomic E-state index is -0.388. The molecule has 0 spiro atoms. The van der Waals surface area contributed by atoms with Gasteiger partial charge in [-0.15, -0.1) is 11.3 Å². The number of rotatable bonds is 4. The number of phenols is 1. The highest BCUT2D eigenvalue weighted by molar-refractivity contribution is 7.14. The number of nitrogens with one attached hydrogen (secondary N) is 2. The third-order valence-corrected chi connectivity index (χ3v) is 4.52. The lowest BCUT2D eigenvalue weighted by Crippen LogP contribution is -2.12. The molecule has 0 atom stereocenters. The van der Waals surface area contributed by atoms with Gasteiger partial charge in [-0.2, -0.15) is 0 Å². The zero-order valence-electron chi connectivity index (χ0n) is 13.8. The van der Waals surface area contributed by atoms with Crippen molar-refractivity contribution in [2.75, 3.05) is 17.4 Å². The maximum Gasteiger partial charge on any atom is 0.275 e. The molecule has 1 aromatic heterocycles. The van der Waals surface area contributed by atoms with E-state index in [1.54, 1.807) is 23.6 Å². The zero-order valence-corrected chi connectivity index (χ0v) is 14.6. The molecular weight excluding hydrogens is 354 g/mol. The molecule has 3 aromatic rings. The molecule has 0 saturated carbocycles. The Kier molecular flexibility index (Phi) is 4.10. The molecule has 8 heteroatoms. The number of carbonyl (C=O) groups is 1. The summed E-state index contributed by atoms with van der Waals surface area (Å²) in [6, 6.07) is 10.5. The molecule has 1 aliphatic heterocycles. The smallest absolute Gasteiger partial charge is 0.275 e. The molecule has 2 aromatic carbocycles. The summed E-state index contributed by atoms with van der Waals surface area (Å²) in [5.74, 6) is 0.992. The molecule has 0 bridgehead atoms. The number of hydrogen-bond acceptors (Lipinski definition) is 7. The molecule has 0 aliphatic carbocycles. The predicted molar refractivity (Wildman–Crippen MR) is 98.8 cm³/mol. The topological polar surface area (TPSA) is 92.7 Å². The van der Waals surface area contributed by atoms with Gasteiger partial charge in [0.1, 0.15) is 11.4 Å². The lowest BCUT2D eigenvalue weighted by atomic mass is 10.2. The molecule has 3 N–H and O–H groups in total. The second-order valence-corrected chi connectivity index (χ2v) is 6.56. The van der Waals surface area contributed by atoms with Crippen LogP contribution in [0.3, 0.4) is 0 Å². The summed E-state index contributed by atoms with van der Waals surface area (Å²) >= 11 is 1.31. The first-order valence-corrected chi connectivity index (χ1v) is 8.69. The van der Waals surface area contributed by atoms with E-state index in [4.69, 9.17) is 9.47 Å². The fraction of sp³-hybridized carbons (Fsp3) is 0.111. The van der Waals surface area contributed by atoms with Crippen LogP contribution in [-0.2, 0) is 0 Å². The molecule has 26 heavy (non-hydrogen) atoms. The first-order valence-electron chi connectivity index (χ1n) is 7.82. The fourth-order valence-corrected chi connectivity index (χ4v) is 3.18. The van der Waals surface area contributed by atoms with Crippen LogP contribution >= 0.6 is 11.3 Å². The van der Waals surface area contributed by atoms with Gasteiger partial charge in [0.2, 0.25) is 6.79 Å². The first kappa shape index (κ1) is 16.2. The van der Waals surface area contributed by atoms with E-state index in [1.807, 2.05) is 25.1 Å². The van der Waals surface area contributed by atoms with Gasteiger partial charge < -0.3 is 25.2 Å². The predicted octanol–water partition coefficient (Wildman–Crippen LogP) is 3.88. The monoisotopic (exact) mass is 369 g/mol. The van der Waals surface area contributed by atoms with Crippen LogP contribution in [0, 0.1) is 6.92 Å². The highest BCUT2D eigenvalue weighted by atomic mass is 32.1. The van der Waals surface area contributed by atoms with Crippen molar-refractivity contribution in [3.05, 3.63) is 53.0 Å². The highest BCUT2D eigenvalue weighted by Gasteiger charge is 2.15. The number of phenolic OH excluding ortho intramolecular Hbond substituents is 1. The molecule has 0 saturated heterocycles. The number of aromatic hydroxyl groups is 1. The third kappa shape index (κ3) is 3.27. The van der Waals surface area contributed by atoms with Crippen molar-refractivity contribution in [1.82, 2.24) is 4.98 Å². The largest absolute Gasteiger partial charge is 0.506 e. The molecule has 132 valence electrons. The van der Waals surface area contributed by atoms with Crippen LogP contribution < -0.4 is 20.1 Å². The number of ether oxygens (including phenoxy) is 2. The van der Waals surface area contributed by atoms with E-state index in [1.165, 1.54) is 11.3 Å². The van der Waals surface area contributed by atoms with E-state index < -0.39 is 0 Å². The van der Waals surface area contributed by atoms with Crippen molar-refractivity contribution >= 4 is 33.8 Å². The number of benzene rings is 2. The van der Waals surface area contributed by atoms with E-state index in [-0.39, 0.29) is 24.1 Å². The lowest BCUT2D eigenvalue weighted by Gasteiger charge is -2.07. The van der Waals surface area contributed by atoms with Gasteiger partial charge in [-0.25, -0.2) is 4.98 Å². The minimum Gasteiger partial charge on any atom is -0.506 e. The molecule has 1 amide bonds. The zero-order chi connectivity index (χ0) is 18.1. The Morgan fingerprint density at radius 3 is 2.92 bits per heavy atom. The van der Waals surface area contributed by atoms with Crippen molar-refractivity contribution in [3.63, 3.8) is 0 Å². The lowest BCUT2D eigenvalue weighted by molar-refractivity contribution is 0.102. The van der Waals surface area contributed by atoms with Gasteiger partial charge in [0, 0.05) is 17.1 Å². The Labute approximate surface area is 153 Å². The third-order valence-electron chi connectivity index (χ3n) is 3.76. The van der Waals surface area contributed by atoms with Crippen molar-refractivity contribution in [1.29, 1.82) is 0 Å². The Balaban J connectivity index is 1.47. The van der Waals surface area contributed by atoms with Crippen LogP contribution in [0.2, 0.25) is 0 Å². The molecule has 7 nitrogen and oxygen atoms in total. The standard InChI is InChI=1S/C18H15N3O4S/c1-10-2-4-14(22)12(6-10)20-17(23)13-8-26-18(21-13)19-11-3-5-15-16(7-11)25-9-24-15/h2-8,22H,9H2,1H3,(H,19,21)(H,20,23). The van der Waals surface area contributed by atoms with Gasteiger partial charge in [0.15, 0.2) is 16.6 Å². The number of carbonyl (C=O) groups excluding carboxylic acids is 1. The van der Waals surface area contributed by atoms with E-state index in [0.29, 0.717) is 22.3 Å². The summed E-state index contributed by atoms with van der Waals surface area (Å²) in [6.45, 7) is 2.09. The second kappa shape index (κ2) is 6.57. The highest BCUT2D eigenvalue weighted by Crippen LogP contribution is 2.35. The summed E-state index contributed by atoms with van der Waals surface area (Å²) in [5.41, 5.74) is 2.33. The number of hydrogen-bond donors (Lipinski definition) is 3. The van der Waals surface area contributed by atoms with Crippen LogP contribution in [0.25, 0.3) is 0 Å². The van der Waals surface area contributed by atoms with E-state index in [2.05, 4.69) is 15.6 Å². The summed E-state index contributed by atoms with van der Waals surface area (Å²) in [4.78, 5) is 16.6. The number of thiazole rings is 1. The van der Waals surface area contributed by atoms with E-state index >= 15 is 0 Å². The Bertz CT molecular complexity index is 986. The van der Waals surface area contributed by atoms with Gasteiger partial charge in [0.25, 0.3) is 5.91 Å². The van der Waals surface area contributed by atoms with E-state index in [0.717, 1.165) is 11.3 Å². The van der Waals surface area contributed by atoms with Gasteiger partial charge in [-0.3, -0.25) is 4.79 Å². The van der Waals surface area contributed by atoms with Crippen molar-refractivity contribution in [2.45, 2.75) is 6.92 Å². The number of aryl methyl sites for hydroxylation is 1. The van der Waals surface area contributed by atoms with Crippen molar-refractivity contribution < 1.29 is 19.4 Å². The van der Waals surface area contributed by atoms with Crippen molar-refractivity contribution in [3.8, 4) is 17.2 Å². The molecule has 4 rings (SSSR count). The normalized spacial score (nSPS) is 12.0. The Morgan fingerprint density at radius 1 is 1.19 bits per heavy atom. The van der Waals surface area contributed by atoms with Gasteiger partial charge in [-0.1, -0.05) is 6.07 Å². The van der Waals surface area contributed by atoms with Crippen LogP contribution in [0.1, 0.15) is 16.1 Å². The molecule has 2 heterocycles. The average molecular weight is 369 g/mol. The maximum absolute atomic E-state index is 12.4. The number of fused-ring (bicyclic) bond motifs is 1. The Morgan fingerprint density at radius 2 is 2.04 bits per heavy atom. The molecule has 1 aliphatic rings. The molecular formula is C18H15N3O4S. The maximum atomic E-state index is 12.4. The van der Waals surface area contributed by atoms with Gasteiger partial charge >= 0.3 is 0 Å². The van der Waals surface area contributed by atoms with Gasteiger partial charge in [0.05, 0.1) is 5.69 Å². The molecule has 0 radical (unpaired) electrons. The Hall–Kier alpha value is -3.26. The average Bonchev–Trinajstić information content (AvgIpc) is 3.27. The SMILES string of the molecule is Cc1ccc(O)c(NC(=O)c2csc(Nc3ccc4c(c3)OCO4)n2)c1. The quantitative estimate of drug-likeness (QED) is 0.605. The van der Waals surface area contributed by atoms with Gasteiger partial charge in [-0.05, 0) is 36.8 Å². The molecule has 0 unspecified atom stereocenters. The second-order valence-electron chi connectivity index (χ2n) is 5.71. The van der Waals surface area contributed by atoms with E-state index in [9.17, 15) is 9.90 Å².